The van der Waals surface area contributed by atoms with Crippen LogP contribution in [0.25, 0.3) is 0 Å². The fourth-order valence-corrected chi connectivity index (χ4v) is 2.87. The lowest BCUT2D eigenvalue weighted by Gasteiger charge is -2.42. The predicted octanol–water partition coefficient (Wildman–Crippen LogP) is 0.218. The van der Waals surface area contributed by atoms with Crippen LogP contribution in [-0.4, -0.2) is 59.6 Å². The van der Waals surface area contributed by atoms with Crippen LogP contribution in [0, 0.1) is 0 Å². The molecule has 1 aliphatic rings. The molecule has 136 valence electrons. The summed E-state index contributed by atoms with van der Waals surface area (Å²) in [6.07, 6.45) is 1.41. The summed E-state index contributed by atoms with van der Waals surface area (Å²) < 4.78 is 5.26. The van der Waals surface area contributed by atoms with Gasteiger partial charge in [-0.05, 0) is 31.5 Å². The number of benzene rings is 1. The number of likely N-dealkylation sites (N-methyl/N-ethyl adjacent to an activating group) is 1. The Morgan fingerprint density at radius 3 is 2.60 bits per heavy atom. The van der Waals surface area contributed by atoms with Gasteiger partial charge in [0.05, 0.1) is 12.1 Å². The fourth-order valence-electron chi connectivity index (χ4n) is 2.87. The zero-order chi connectivity index (χ0) is 18.4. The van der Waals surface area contributed by atoms with E-state index in [1.54, 1.807) is 24.3 Å². The minimum Gasteiger partial charge on any atom is -0.483 e. The van der Waals surface area contributed by atoms with Gasteiger partial charge in [0, 0.05) is 12.1 Å². The van der Waals surface area contributed by atoms with Gasteiger partial charge in [0.2, 0.25) is 0 Å². The third kappa shape index (κ3) is 5.18. The van der Waals surface area contributed by atoms with Crippen molar-refractivity contribution in [1.29, 1.82) is 0 Å². The molecule has 1 aliphatic carbocycles. The summed E-state index contributed by atoms with van der Waals surface area (Å²) in [5.41, 5.74) is 5.40. The maximum atomic E-state index is 12.4. The average molecular weight is 349 g/mol. The molecule has 4 N–H and O–H groups in total. The van der Waals surface area contributed by atoms with Crippen molar-refractivity contribution in [2.45, 2.75) is 31.8 Å². The van der Waals surface area contributed by atoms with Gasteiger partial charge in [-0.15, -0.1) is 0 Å². The van der Waals surface area contributed by atoms with Crippen molar-refractivity contribution >= 4 is 17.8 Å². The molecular weight excluding hydrogens is 326 g/mol. The van der Waals surface area contributed by atoms with Crippen LogP contribution in [0.4, 0.5) is 0 Å². The summed E-state index contributed by atoms with van der Waals surface area (Å²) in [4.78, 5) is 36.0. The molecule has 0 aliphatic heterocycles. The molecule has 0 radical (unpaired) electrons. The summed E-state index contributed by atoms with van der Waals surface area (Å²) >= 11 is 0. The number of nitrogens with two attached hydrogens (primary N) is 1. The van der Waals surface area contributed by atoms with E-state index in [2.05, 4.69) is 5.32 Å². The fraction of sp³-hybridized carbons (Fsp3) is 0.471. The Kier molecular flexibility index (Phi) is 6.35. The minimum absolute atomic E-state index is 0.00558. The lowest BCUT2D eigenvalue weighted by atomic mass is 9.85. The van der Waals surface area contributed by atoms with Crippen LogP contribution in [0.2, 0.25) is 0 Å². The number of amides is 2. The first-order valence-corrected chi connectivity index (χ1v) is 8.17. The molecule has 2 amide bonds. The van der Waals surface area contributed by atoms with Gasteiger partial charge in [-0.25, -0.2) is 0 Å². The molecule has 1 saturated carbocycles. The van der Waals surface area contributed by atoms with E-state index in [0.29, 0.717) is 30.7 Å². The summed E-state index contributed by atoms with van der Waals surface area (Å²) in [5, 5.41) is 11.8. The maximum Gasteiger partial charge on any atom is 0.317 e. The van der Waals surface area contributed by atoms with Crippen LogP contribution in [0.3, 0.4) is 0 Å². The van der Waals surface area contributed by atoms with Crippen LogP contribution >= 0.6 is 0 Å². The molecule has 25 heavy (non-hydrogen) atoms. The number of aliphatic carboxylic acids is 1. The third-order valence-electron chi connectivity index (χ3n) is 4.21. The number of hydrogen-bond donors (Lipinski definition) is 3. The van der Waals surface area contributed by atoms with E-state index in [1.165, 1.54) is 0 Å². The number of nitrogens with one attached hydrogen (secondary N) is 1. The van der Waals surface area contributed by atoms with E-state index in [4.69, 9.17) is 15.6 Å². The van der Waals surface area contributed by atoms with Crippen LogP contribution in [-0.2, 0) is 9.59 Å². The van der Waals surface area contributed by atoms with E-state index in [0.717, 1.165) is 0 Å². The number of hydrogen-bond acceptors (Lipinski definition) is 5. The number of primary amides is 1. The van der Waals surface area contributed by atoms with Gasteiger partial charge in [0.1, 0.15) is 5.75 Å². The molecule has 0 aromatic heterocycles. The van der Waals surface area contributed by atoms with Crippen molar-refractivity contribution in [3.8, 4) is 5.75 Å². The monoisotopic (exact) mass is 349 g/mol. The molecule has 1 aromatic carbocycles. The number of carbonyl (C=O) groups excluding carboxylic acids is 2. The highest BCUT2D eigenvalue weighted by atomic mass is 16.5. The zero-order valence-electron chi connectivity index (χ0n) is 14.1. The Hall–Kier alpha value is -2.61. The molecule has 0 saturated heterocycles. The van der Waals surface area contributed by atoms with E-state index in [-0.39, 0.29) is 31.1 Å². The number of para-hydroxylation sites is 1. The summed E-state index contributed by atoms with van der Waals surface area (Å²) in [6.45, 7) is 2.28. The van der Waals surface area contributed by atoms with Gasteiger partial charge in [-0.2, -0.15) is 0 Å². The number of carboxylic acid groups (broad SMARTS) is 1. The molecule has 8 nitrogen and oxygen atoms in total. The second-order valence-electron chi connectivity index (χ2n) is 6.00. The largest absolute Gasteiger partial charge is 0.483 e. The zero-order valence-corrected chi connectivity index (χ0v) is 14.1. The lowest BCUT2D eigenvalue weighted by molar-refractivity contribution is -0.139. The van der Waals surface area contributed by atoms with Crippen molar-refractivity contribution in [2.75, 3.05) is 19.7 Å². The highest BCUT2D eigenvalue weighted by Crippen LogP contribution is 2.26. The molecular formula is C17H23N3O5. The molecule has 0 spiro atoms. The van der Waals surface area contributed by atoms with Crippen LogP contribution < -0.4 is 15.8 Å². The second-order valence-corrected chi connectivity index (χ2v) is 6.00. The first kappa shape index (κ1) is 18.7. The molecule has 0 atom stereocenters. The Morgan fingerprint density at radius 1 is 1.32 bits per heavy atom. The molecule has 0 unspecified atom stereocenters. The number of nitrogens with zero attached hydrogens (tertiary/aromatic N) is 1. The summed E-state index contributed by atoms with van der Waals surface area (Å²) in [5.74, 6) is -1.45. The van der Waals surface area contributed by atoms with E-state index < -0.39 is 11.9 Å². The molecule has 1 aromatic rings. The molecule has 8 heteroatoms. The number of ether oxygens (including phenoxy) is 1. The summed E-state index contributed by atoms with van der Waals surface area (Å²) in [7, 11) is 0. The first-order valence-electron chi connectivity index (χ1n) is 8.17. The molecule has 2 rings (SSSR count). The van der Waals surface area contributed by atoms with Gasteiger partial charge < -0.3 is 20.9 Å². The van der Waals surface area contributed by atoms with Gasteiger partial charge in [0.25, 0.3) is 11.8 Å². The Bertz CT molecular complexity index is 643. The predicted molar refractivity (Wildman–Crippen MR) is 90.3 cm³/mol. The highest BCUT2D eigenvalue weighted by molar-refractivity contribution is 5.97. The highest BCUT2D eigenvalue weighted by Gasteiger charge is 2.35. The summed E-state index contributed by atoms with van der Waals surface area (Å²) in [6, 6.07) is 6.79. The minimum atomic E-state index is -0.852. The van der Waals surface area contributed by atoms with Crippen molar-refractivity contribution in [3.05, 3.63) is 29.8 Å². The van der Waals surface area contributed by atoms with Gasteiger partial charge in [-0.1, -0.05) is 19.1 Å². The van der Waals surface area contributed by atoms with Gasteiger partial charge in [0.15, 0.2) is 6.61 Å². The molecule has 0 heterocycles. The van der Waals surface area contributed by atoms with Gasteiger partial charge >= 0.3 is 5.97 Å². The number of carboxylic acids is 1. The van der Waals surface area contributed by atoms with E-state index >= 15 is 0 Å². The number of rotatable bonds is 9. The number of carbonyl (C=O) groups is 3. The van der Waals surface area contributed by atoms with Crippen molar-refractivity contribution in [3.63, 3.8) is 0 Å². The SMILES string of the molecule is CCN(CC(=O)O)C1CC(NC(=O)c2ccccc2OCC(N)=O)C1. The standard InChI is InChI=1S/C17H23N3O5/c1-2-20(9-16(22)23)12-7-11(8-12)19-17(24)13-5-3-4-6-14(13)25-10-15(18)21/h3-6,11-12H,2,7-10H2,1H3,(H2,18,21)(H,19,24)(H,22,23). The van der Waals surface area contributed by atoms with Crippen molar-refractivity contribution in [1.82, 2.24) is 10.2 Å². The van der Waals surface area contributed by atoms with Crippen molar-refractivity contribution < 1.29 is 24.2 Å². The Labute approximate surface area is 145 Å². The van der Waals surface area contributed by atoms with E-state index in [1.807, 2.05) is 11.8 Å². The third-order valence-corrected chi connectivity index (χ3v) is 4.21. The topological polar surface area (TPSA) is 122 Å². The van der Waals surface area contributed by atoms with Crippen LogP contribution in [0.5, 0.6) is 5.75 Å². The average Bonchev–Trinajstić information content (AvgIpc) is 2.53. The normalized spacial score (nSPS) is 19.1. The second kappa shape index (κ2) is 8.48. The Morgan fingerprint density at radius 2 is 2.00 bits per heavy atom. The van der Waals surface area contributed by atoms with Crippen LogP contribution in [0.1, 0.15) is 30.1 Å². The van der Waals surface area contributed by atoms with Gasteiger partial charge in [-0.3, -0.25) is 19.3 Å². The van der Waals surface area contributed by atoms with Crippen molar-refractivity contribution in [2.24, 2.45) is 5.73 Å². The Balaban J connectivity index is 1.89. The maximum absolute atomic E-state index is 12.4. The van der Waals surface area contributed by atoms with Crippen LogP contribution in [0.15, 0.2) is 24.3 Å². The smallest absolute Gasteiger partial charge is 0.317 e. The quantitative estimate of drug-likeness (QED) is 0.586. The van der Waals surface area contributed by atoms with E-state index in [9.17, 15) is 14.4 Å². The lowest BCUT2D eigenvalue weighted by Crippen LogP contribution is -2.54. The molecule has 1 fully saturated rings. The first-order chi connectivity index (χ1) is 11.9. The molecule has 0 bridgehead atoms.